The number of fused-ring (bicyclic) bond motifs is 2. The first kappa shape index (κ1) is 15.9. The number of Topliss-reactive ketones (excluding diaryl/α,β-unsaturated/α-hetero) is 1. The van der Waals surface area contributed by atoms with E-state index < -0.39 is 6.04 Å². The van der Waals surface area contributed by atoms with E-state index in [1.165, 1.54) is 0 Å². The average molecular weight is 362 g/mol. The molecule has 136 valence electrons. The number of carbonyl (C=O) groups excluding carboxylic acids is 1. The Bertz CT molecular complexity index is 1100. The molecule has 0 spiro atoms. The summed E-state index contributed by atoms with van der Waals surface area (Å²) in [6, 6.07) is 5.38. The standard InChI is InChI=1S/C19H18N6O2/c1-19(2)8-12-14(13(26)9-19)16(23-18-17(22-12)24-27-25-18)10-4-3-5-11-15(10)21-7-6-20-11/h3-7,16H,8-9H2,1-2H3,(H,22,24)(H,23,25). The zero-order valence-electron chi connectivity index (χ0n) is 15.0. The number of benzene rings is 1. The van der Waals surface area contributed by atoms with Crippen molar-refractivity contribution in [1.82, 2.24) is 20.3 Å². The summed E-state index contributed by atoms with van der Waals surface area (Å²) in [7, 11) is 0. The lowest BCUT2D eigenvalue weighted by atomic mass is 9.73. The van der Waals surface area contributed by atoms with Gasteiger partial charge in [0.2, 0.25) is 11.6 Å². The third kappa shape index (κ3) is 2.56. The minimum atomic E-state index is -0.412. The first-order valence-corrected chi connectivity index (χ1v) is 8.84. The molecule has 0 radical (unpaired) electrons. The van der Waals surface area contributed by atoms with Gasteiger partial charge in [-0.15, -0.1) is 0 Å². The number of ketones is 1. The summed E-state index contributed by atoms with van der Waals surface area (Å²) >= 11 is 0. The van der Waals surface area contributed by atoms with E-state index >= 15 is 0 Å². The molecule has 2 N–H and O–H groups in total. The number of allylic oxidation sites excluding steroid dienone is 1. The van der Waals surface area contributed by atoms with Crippen molar-refractivity contribution in [2.75, 3.05) is 10.6 Å². The van der Waals surface area contributed by atoms with Crippen LogP contribution in [0.5, 0.6) is 0 Å². The van der Waals surface area contributed by atoms with E-state index in [1.54, 1.807) is 12.4 Å². The summed E-state index contributed by atoms with van der Waals surface area (Å²) < 4.78 is 4.89. The van der Waals surface area contributed by atoms with Gasteiger partial charge >= 0.3 is 0 Å². The second kappa shape index (κ2) is 5.60. The lowest BCUT2D eigenvalue weighted by molar-refractivity contribution is -0.118. The van der Waals surface area contributed by atoms with Crippen molar-refractivity contribution in [3.63, 3.8) is 0 Å². The molecule has 5 rings (SSSR count). The zero-order chi connectivity index (χ0) is 18.6. The van der Waals surface area contributed by atoms with Crippen molar-refractivity contribution in [1.29, 1.82) is 0 Å². The van der Waals surface area contributed by atoms with Crippen LogP contribution < -0.4 is 10.6 Å². The maximum absolute atomic E-state index is 13.2. The highest BCUT2D eigenvalue weighted by atomic mass is 16.6. The molecule has 0 amide bonds. The Kier molecular flexibility index (Phi) is 3.30. The van der Waals surface area contributed by atoms with E-state index in [0.29, 0.717) is 23.6 Å². The molecule has 1 aromatic carbocycles. The van der Waals surface area contributed by atoms with E-state index in [1.807, 2.05) is 18.2 Å². The van der Waals surface area contributed by atoms with Crippen LogP contribution in [0.1, 0.15) is 38.3 Å². The van der Waals surface area contributed by atoms with Crippen LogP contribution in [0.25, 0.3) is 11.0 Å². The molecule has 1 aliphatic carbocycles. The molecular weight excluding hydrogens is 344 g/mol. The fourth-order valence-corrected chi connectivity index (χ4v) is 3.98. The van der Waals surface area contributed by atoms with Gasteiger partial charge in [-0.05, 0) is 28.2 Å². The van der Waals surface area contributed by atoms with Crippen LogP contribution in [0.4, 0.5) is 11.6 Å². The van der Waals surface area contributed by atoms with E-state index in [4.69, 9.17) is 4.63 Å². The number of hydrogen-bond acceptors (Lipinski definition) is 8. The van der Waals surface area contributed by atoms with Crippen molar-refractivity contribution < 1.29 is 9.42 Å². The van der Waals surface area contributed by atoms with Crippen molar-refractivity contribution >= 4 is 28.5 Å². The van der Waals surface area contributed by atoms with Crippen LogP contribution in [-0.2, 0) is 4.79 Å². The molecule has 8 nitrogen and oxygen atoms in total. The molecule has 3 heterocycles. The van der Waals surface area contributed by atoms with Gasteiger partial charge in [0.15, 0.2) is 5.78 Å². The summed E-state index contributed by atoms with van der Waals surface area (Å²) in [6.45, 7) is 4.18. The fourth-order valence-electron chi connectivity index (χ4n) is 3.98. The number of rotatable bonds is 1. The van der Waals surface area contributed by atoms with Gasteiger partial charge in [-0.2, -0.15) is 0 Å². The predicted molar refractivity (Wildman–Crippen MR) is 98.9 cm³/mol. The van der Waals surface area contributed by atoms with Gasteiger partial charge < -0.3 is 10.6 Å². The van der Waals surface area contributed by atoms with Crippen molar-refractivity contribution in [3.8, 4) is 0 Å². The number of anilines is 2. The van der Waals surface area contributed by atoms with Crippen molar-refractivity contribution in [3.05, 3.63) is 47.4 Å². The normalized spacial score (nSPS) is 21.1. The molecule has 1 unspecified atom stereocenters. The number of nitrogens with zero attached hydrogens (tertiary/aromatic N) is 4. The molecule has 0 saturated heterocycles. The minimum absolute atomic E-state index is 0.106. The van der Waals surface area contributed by atoms with Gasteiger partial charge in [-0.25, -0.2) is 4.63 Å². The molecular formula is C19H18N6O2. The van der Waals surface area contributed by atoms with Crippen LogP contribution in [0.15, 0.2) is 46.5 Å². The van der Waals surface area contributed by atoms with Gasteiger partial charge in [-0.1, -0.05) is 26.0 Å². The Hall–Kier alpha value is -3.29. The molecule has 2 aromatic heterocycles. The number of para-hydroxylation sites is 1. The molecule has 8 heteroatoms. The van der Waals surface area contributed by atoms with Crippen LogP contribution in [0.3, 0.4) is 0 Å². The van der Waals surface area contributed by atoms with E-state index in [2.05, 4.69) is 44.8 Å². The Labute approximate surface area is 155 Å². The molecule has 1 atom stereocenters. The van der Waals surface area contributed by atoms with Crippen molar-refractivity contribution in [2.24, 2.45) is 5.41 Å². The SMILES string of the molecule is CC1(C)CC(=O)C2=C(C1)Nc1nonc1NC2c1cccc2nccnc12. The summed E-state index contributed by atoms with van der Waals surface area (Å²) in [5, 5.41) is 14.5. The highest BCUT2D eigenvalue weighted by molar-refractivity contribution is 6.01. The third-order valence-electron chi connectivity index (χ3n) is 5.09. The van der Waals surface area contributed by atoms with E-state index in [0.717, 1.165) is 28.7 Å². The van der Waals surface area contributed by atoms with Crippen LogP contribution in [0.2, 0.25) is 0 Å². The second-order valence-corrected chi connectivity index (χ2v) is 7.77. The molecule has 0 fully saturated rings. The van der Waals surface area contributed by atoms with Crippen LogP contribution in [0, 0.1) is 5.41 Å². The molecule has 27 heavy (non-hydrogen) atoms. The Morgan fingerprint density at radius 2 is 1.93 bits per heavy atom. The molecule has 2 aliphatic rings. The summed E-state index contributed by atoms with van der Waals surface area (Å²) in [6.07, 6.45) is 4.53. The fraction of sp³-hybridized carbons (Fsp3) is 0.316. The highest BCUT2D eigenvalue weighted by Gasteiger charge is 2.40. The van der Waals surface area contributed by atoms with Gasteiger partial charge in [-0.3, -0.25) is 14.8 Å². The highest BCUT2D eigenvalue weighted by Crippen LogP contribution is 2.45. The van der Waals surface area contributed by atoms with Gasteiger partial charge in [0.1, 0.15) is 0 Å². The first-order chi connectivity index (χ1) is 13.0. The maximum atomic E-state index is 13.2. The number of carbonyl (C=O) groups is 1. The molecule has 0 saturated carbocycles. The Morgan fingerprint density at radius 1 is 1.11 bits per heavy atom. The smallest absolute Gasteiger partial charge is 0.219 e. The summed E-state index contributed by atoms with van der Waals surface area (Å²) in [5.74, 6) is 1.07. The largest absolute Gasteiger partial charge is 0.353 e. The third-order valence-corrected chi connectivity index (χ3v) is 5.09. The Morgan fingerprint density at radius 3 is 2.81 bits per heavy atom. The molecule has 3 aromatic rings. The minimum Gasteiger partial charge on any atom is -0.353 e. The number of nitrogens with one attached hydrogen (secondary N) is 2. The second-order valence-electron chi connectivity index (χ2n) is 7.77. The zero-order valence-corrected chi connectivity index (χ0v) is 15.0. The quantitative estimate of drug-likeness (QED) is 0.680. The topological polar surface area (TPSA) is 106 Å². The van der Waals surface area contributed by atoms with Gasteiger partial charge in [0.05, 0.1) is 17.1 Å². The number of hydrogen-bond donors (Lipinski definition) is 2. The van der Waals surface area contributed by atoms with E-state index in [9.17, 15) is 4.79 Å². The van der Waals surface area contributed by atoms with Crippen LogP contribution in [-0.4, -0.2) is 26.1 Å². The van der Waals surface area contributed by atoms with Crippen LogP contribution >= 0.6 is 0 Å². The maximum Gasteiger partial charge on any atom is 0.219 e. The van der Waals surface area contributed by atoms with Gasteiger partial charge in [0.25, 0.3) is 0 Å². The number of aromatic nitrogens is 4. The molecule has 0 bridgehead atoms. The monoisotopic (exact) mass is 362 g/mol. The molecule has 1 aliphatic heterocycles. The van der Waals surface area contributed by atoms with Crippen molar-refractivity contribution in [2.45, 2.75) is 32.7 Å². The lowest BCUT2D eigenvalue weighted by Gasteiger charge is -2.34. The first-order valence-electron chi connectivity index (χ1n) is 8.84. The Balaban J connectivity index is 1.75. The lowest BCUT2D eigenvalue weighted by Crippen LogP contribution is -2.31. The average Bonchev–Trinajstić information content (AvgIpc) is 2.99. The predicted octanol–water partition coefficient (Wildman–Crippen LogP) is 3.23. The van der Waals surface area contributed by atoms with Gasteiger partial charge in [0, 0.05) is 35.6 Å². The summed E-state index contributed by atoms with van der Waals surface area (Å²) in [4.78, 5) is 22.0. The van der Waals surface area contributed by atoms with E-state index in [-0.39, 0.29) is 11.2 Å². The summed E-state index contributed by atoms with van der Waals surface area (Å²) in [5.41, 5.74) is 3.82.